The fourth-order valence-electron chi connectivity index (χ4n) is 3.95. The van der Waals surface area contributed by atoms with Gasteiger partial charge in [-0.25, -0.2) is 0 Å². The van der Waals surface area contributed by atoms with Gasteiger partial charge in [-0.05, 0) is 55.7 Å². The molecule has 2 aliphatic carbocycles. The SMILES string of the molecule is CN(C)c1ccc([C@@H]2C[C@H]2C(=O)NC2CCC(NC(=O)CCF)CC2)cc1. The summed E-state index contributed by atoms with van der Waals surface area (Å²) in [6.45, 7) is -0.613. The summed E-state index contributed by atoms with van der Waals surface area (Å²) in [5.74, 6) is 0.349. The van der Waals surface area contributed by atoms with E-state index in [0.29, 0.717) is 5.92 Å². The van der Waals surface area contributed by atoms with E-state index in [1.807, 2.05) is 14.1 Å². The van der Waals surface area contributed by atoms with Crippen molar-refractivity contribution in [3.63, 3.8) is 0 Å². The summed E-state index contributed by atoms with van der Waals surface area (Å²) in [5, 5.41) is 6.06. The average Bonchev–Trinajstić information content (AvgIpc) is 3.44. The van der Waals surface area contributed by atoms with E-state index >= 15 is 0 Å². The van der Waals surface area contributed by atoms with Crippen molar-refractivity contribution in [3.8, 4) is 0 Å². The van der Waals surface area contributed by atoms with Gasteiger partial charge in [0.2, 0.25) is 11.8 Å². The Kier molecular flexibility index (Phi) is 6.34. The van der Waals surface area contributed by atoms with Crippen molar-refractivity contribution in [3.05, 3.63) is 29.8 Å². The summed E-state index contributed by atoms with van der Waals surface area (Å²) >= 11 is 0. The van der Waals surface area contributed by atoms with Crippen molar-refractivity contribution in [2.75, 3.05) is 25.7 Å². The van der Waals surface area contributed by atoms with Crippen LogP contribution in [0.3, 0.4) is 0 Å². The lowest BCUT2D eigenvalue weighted by Crippen LogP contribution is -2.44. The van der Waals surface area contributed by atoms with Crippen LogP contribution in [-0.2, 0) is 9.59 Å². The second-order valence-corrected chi connectivity index (χ2v) is 8.00. The topological polar surface area (TPSA) is 61.4 Å². The minimum Gasteiger partial charge on any atom is -0.378 e. The van der Waals surface area contributed by atoms with Gasteiger partial charge < -0.3 is 15.5 Å². The molecule has 0 radical (unpaired) electrons. The average molecular weight is 375 g/mol. The highest BCUT2D eigenvalue weighted by Crippen LogP contribution is 2.48. The van der Waals surface area contributed by atoms with Gasteiger partial charge in [-0.3, -0.25) is 14.0 Å². The Morgan fingerprint density at radius 1 is 1.04 bits per heavy atom. The number of rotatable bonds is 7. The number of alkyl halides is 1. The Hall–Kier alpha value is -2.11. The fourth-order valence-corrected chi connectivity index (χ4v) is 3.95. The number of carbonyl (C=O) groups excluding carboxylic acids is 2. The Morgan fingerprint density at radius 3 is 2.19 bits per heavy atom. The highest BCUT2D eigenvalue weighted by molar-refractivity contribution is 5.83. The van der Waals surface area contributed by atoms with Gasteiger partial charge >= 0.3 is 0 Å². The molecule has 0 heterocycles. The van der Waals surface area contributed by atoms with E-state index in [0.717, 1.165) is 37.8 Å². The van der Waals surface area contributed by atoms with Gasteiger partial charge in [0.15, 0.2) is 0 Å². The lowest BCUT2D eigenvalue weighted by atomic mass is 9.91. The number of nitrogens with zero attached hydrogens (tertiary/aromatic N) is 1. The van der Waals surface area contributed by atoms with Crippen molar-refractivity contribution < 1.29 is 14.0 Å². The van der Waals surface area contributed by atoms with Crippen LogP contribution < -0.4 is 15.5 Å². The van der Waals surface area contributed by atoms with Gasteiger partial charge in [-0.1, -0.05) is 12.1 Å². The zero-order valence-electron chi connectivity index (χ0n) is 16.2. The molecule has 2 saturated carbocycles. The van der Waals surface area contributed by atoms with Gasteiger partial charge in [0.25, 0.3) is 0 Å². The number of hydrogen-bond acceptors (Lipinski definition) is 3. The number of benzene rings is 1. The molecule has 0 unspecified atom stereocenters. The summed E-state index contributed by atoms with van der Waals surface area (Å²) < 4.78 is 12.2. The first-order chi connectivity index (χ1) is 13.0. The molecule has 2 aliphatic rings. The maximum absolute atomic E-state index is 12.5. The maximum Gasteiger partial charge on any atom is 0.223 e. The summed E-state index contributed by atoms with van der Waals surface area (Å²) in [7, 11) is 4.03. The van der Waals surface area contributed by atoms with Crippen molar-refractivity contribution in [2.45, 2.75) is 56.5 Å². The molecule has 0 aliphatic heterocycles. The molecule has 148 valence electrons. The molecule has 0 bridgehead atoms. The first-order valence-electron chi connectivity index (χ1n) is 9.91. The van der Waals surface area contributed by atoms with Crippen LogP contribution in [0.1, 0.15) is 50.0 Å². The predicted molar refractivity (Wildman–Crippen MR) is 105 cm³/mol. The minimum atomic E-state index is -0.613. The molecule has 0 spiro atoms. The third-order valence-corrected chi connectivity index (χ3v) is 5.73. The monoisotopic (exact) mass is 375 g/mol. The number of halogens is 1. The molecule has 2 N–H and O–H groups in total. The van der Waals surface area contributed by atoms with Gasteiger partial charge in [-0.15, -0.1) is 0 Å². The van der Waals surface area contributed by atoms with Gasteiger partial charge in [0, 0.05) is 37.8 Å². The summed E-state index contributed by atoms with van der Waals surface area (Å²) in [5.41, 5.74) is 2.40. The summed E-state index contributed by atoms with van der Waals surface area (Å²) in [4.78, 5) is 26.1. The van der Waals surface area contributed by atoms with E-state index in [4.69, 9.17) is 0 Å². The normalized spacial score (nSPS) is 26.9. The van der Waals surface area contributed by atoms with Crippen LogP contribution >= 0.6 is 0 Å². The zero-order chi connectivity index (χ0) is 19.4. The molecule has 1 aromatic rings. The number of amides is 2. The van der Waals surface area contributed by atoms with Crippen LogP contribution in [0.4, 0.5) is 10.1 Å². The van der Waals surface area contributed by atoms with E-state index in [1.165, 1.54) is 5.56 Å². The summed E-state index contributed by atoms with van der Waals surface area (Å²) in [6.07, 6.45) is 4.26. The van der Waals surface area contributed by atoms with E-state index in [-0.39, 0.29) is 36.2 Å². The second-order valence-electron chi connectivity index (χ2n) is 8.00. The standard InChI is InChI=1S/C21H30FN3O2/c1-25(2)17-9-3-14(4-10-17)18-13-19(18)21(27)24-16-7-5-15(6-8-16)23-20(26)11-12-22/h3-4,9-10,15-16,18-19H,5-8,11-13H2,1-2H3,(H,23,26)(H,24,27)/t15?,16?,18-,19+/m0/s1. The van der Waals surface area contributed by atoms with Crippen LogP contribution in [0.25, 0.3) is 0 Å². The largest absolute Gasteiger partial charge is 0.378 e. The van der Waals surface area contributed by atoms with E-state index in [2.05, 4.69) is 39.8 Å². The highest BCUT2D eigenvalue weighted by Gasteiger charge is 2.44. The van der Waals surface area contributed by atoms with Crippen LogP contribution in [0.15, 0.2) is 24.3 Å². The van der Waals surface area contributed by atoms with Gasteiger partial charge in [-0.2, -0.15) is 0 Å². The first kappa shape index (κ1) is 19.6. The molecular weight excluding hydrogens is 345 g/mol. The Morgan fingerprint density at radius 2 is 1.63 bits per heavy atom. The molecule has 5 nitrogen and oxygen atoms in total. The highest BCUT2D eigenvalue weighted by atomic mass is 19.1. The van der Waals surface area contributed by atoms with Crippen molar-refractivity contribution in [1.29, 1.82) is 0 Å². The Bertz CT molecular complexity index is 654. The lowest BCUT2D eigenvalue weighted by Gasteiger charge is -2.29. The number of hydrogen-bond donors (Lipinski definition) is 2. The molecule has 2 fully saturated rings. The third-order valence-electron chi connectivity index (χ3n) is 5.73. The molecule has 2 atom stereocenters. The molecule has 2 amide bonds. The van der Waals surface area contributed by atoms with Gasteiger partial charge in [0.1, 0.15) is 0 Å². The second kappa shape index (κ2) is 8.72. The molecule has 0 aromatic heterocycles. The number of nitrogens with one attached hydrogen (secondary N) is 2. The fraction of sp³-hybridized carbons (Fsp3) is 0.619. The molecule has 0 saturated heterocycles. The third kappa shape index (κ3) is 5.21. The summed E-state index contributed by atoms with van der Waals surface area (Å²) in [6, 6.07) is 8.74. The van der Waals surface area contributed by atoms with Crippen molar-refractivity contribution in [2.24, 2.45) is 5.92 Å². The minimum absolute atomic E-state index is 0.0603. The Balaban J connectivity index is 1.41. The molecule has 6 heteroatoms. The van der Waals surface area contributed by atoms with E-state index in [9.17, 15) is 14.0 Å². The van der Waals surface area contributed by atoms with Crippen LogP contribution in [0.5, 0.6) is 0 Å². The molecular formula is C21H30FN3O2. The lowest BCUT2D eigenvalue weighted by molar-refractivity contribution is -0.124. The van der Waals surface area contributed by atoms with Crippen LogP contribution in [0.2, 0.25) is 0 Å². The Labute approximate surface area is 160 Å². The van der Waals surface area contributed by atoms with E-state index in [1.54, 1.807) is 0 Å². The molecule has 1 aromatic carbocycles. The zero-order valence-corrected chi connectivity index (χ0v) is 16.2. The van der Waals surface area contributed by atoms with Gasteiger partial charge in [0.05, 0.1) is 13.1 Å². The molecule has 27 heavy (non-hydrogen) atoms. The van der Waals surface area contributed by atoms with E-state index < -0.39 is 6.67 Å². The van der Waals surface area contributed by atoms with Crippen LogP contribution in [-0.4, -0.2) is 44.7 Å². The van der Waals surface area contributed by atoms with Crippen molar-refractivity contribution in [1.82, 2.24) is 10.6 Å². The van der Waals surface area contributed by atoms with Crippen LogP contribution in [0, 0.1) is 5.92 Å². The maximum atomic E-state index is 12.5. The number of carbonyl (C=O) groups is 2. The quantitative estimate of drug-likeness (QED) is 0.770. The predicted octanol–water partition coefficient (Wildman–Crippen LogP) is 2.76. The van der Waals surface area contributed by atoms with Crippen molar-refractivity contribution >= 4 is 17.5 Å². The smallest absolute Gasteiger partial charge is 0.223 e. The molecule has 3 rings (SSSR count). The first-order valence-corrected chi connectivity index (χ1v) is 9.91. The number of anilines is 1.